The monoisotopic (exact) mass is 268 g/mol. The lowest BCUT2D eigenvalue weighted by Gasteiger charge is -2.38. The largest absolute Gasteiger partial charge is 0.417 e. The smallest absolute Gasteiger partial charge is 0.191 e. The third-order valence-corrected chi connectivity index (χ3v) is 10.3. The second kappa shape index (κ2) is 4.45. The Kier molecular flexibility index (Phi) is 3.52. The molecule has 4 atom stereocenters. The SMILES string of the molecule is C[C@H]1[C@@H]2CC(=O)[C@@H](C2)[C@H]1CO[Si](C)(C)C(C)(C)C. The van der Waals surface area contributed by atoms with Gasteiger partial charge in [-0.15, -0.1) is 0 Å². The molecule has 2 saturated carbocycles. The van der Waals surface area contributed by atoms with Crippen molar-refractivity contribution in [1.29, 1.82) is 0 Å². The van der Waals surface area contributed by atoms with Crippen molar-refractivity contribution in [1.82, 2.24) is 0 Å². The second-order valence-electron chi connectivity index (χ2n) is 7.87. The van der Waals surface area contributed by atoms with Crippen LogP contribution in [0.3, 0.4) is 0 Å². The Morgan fingerprint density at radius 1 is 1.33 bits per heavy atom. The van der Waals surface area contributed by atoms with Crippen molar-refractivity contribution in [2.24, 2.45) is 23.7 Å². The topological polar surface area (TPSA) is 26.3 Å². The van der Waals surface area contributed by atoms with Crippen LogP contribution in [0.5, 0.6) is 0 Å². The summed E-state index contributed by atoms with van der Waals surface area (Å²) in [5, 5.41) is 0.262. The molecule has 18 heavy (non-hydrogen) atoms. The fourth-order valence-corrected chi connectivity index (χ4v) is 4.31. The van der Waals surface area contributed by atoms with Gasteiger partial charge in [0.05, 0.1) is 0 Å². The van der Waals surface area contributed by atoms with Gasteiger partial charge < -0.3 is 4.43 Å². The van der Waals surface area contributed by atoms with Crippen LogP contribution >= 0.6 is 0 Å². The van der Waals surface area contributed by atoms with Gasteiger partial charge in [0.2, 0.25) is 0 Å². The summed E-state index contributed by atoms with van der Waals surface area (Å²) in [7, 11) is -1.66. The molecular weight excluding hydrogens is 240 g/mol. The third kappa shape index (κ3) is 2.31. The summed E-state index contributed by atoms with van der Waals surface area (Å²) >= 11 is 0. The van der Waals surface area contributed by atoms with Crippen molar-refractivity contribution >= 4 is 14.1 Å². The van der Waals surface area contributed by atoms with Crippen LogP contribution in [0.25, 0.3) is 0 Å². The minimum atomic E-state index is -1.66. The number of ketones is 1. The molecule has 0 spiro atoms. The van der Waals surface area contributed by atoms with Gasteiger partial charge in [-0.05, 0) is 42.3 Å². The molecule has 0 amide bonds. The van der Waals surface area contributed by atoms with Crippen molar-refractivity contribution in [2.75, 3.05) is 6.61 Å². The van der Waals surface area contributed by atoms with Gasteiger partial charge in [0.1, 0.15) is 5.78 Å². The van der Waals surface area contributed by atoms with Crippen molar-refractivity contribution in [2.45, 2.75) is 58.7 Å². The Morgan fingerprint density at radius 3 is 2.44 bits per heavy atom. The second-order valence-corrected chi connectivity index (χ2v) is 12.7. The van der Waals surface area contributed by atoms with E-state index >= 15 is 0 Å². The molecule has 2 nitrogen and oxygen atoms in total. The highest BCUT2D eigenvalue weighted by molar-refractivity contribution is 6.74. The maximum atomic E-state index is 11.9. The molecule has 0 saturated heterocycles. The summed E-state index contributed by atoms with van der Waals surface area (Å²) in [6, 6.07) is 0. The molecule has 2 bridgehead atoms. The van der Waals surface area contributed by atoms with E-state index in [0.29, 0.717) is 29.5 Å². The van der Waals surface area contributed by atoms with Gasteiger partial charge in [-0.1, -0.05) is 27.7 Å². The fraction of sp³-hybridized carbons (Fsp3) is 0.933. The molecule has 0 aromatic rings. The first-order valence-corrected chi connectivity index (χ1v) is 10.2. The molecule has 2 fully saturated rings. The standard InChI is InChI=1S/C15H28O2Si/c1-10-11-7-12(14(16)8-11)13(10)9-17-18(5,6)15(2,3)4/h10-13H,7-9H2,1-6H3/t10-,11-,12-,13-/m0/s1. The molecule has 0 aromatic heterocycles. The molecule has 2 rings (SSSR count). The molecule has 2 aliphatic rings. The van der Waals surface area contributed by atoms with E-state index in [9.17, 15) is 4.79 Å². The minimum absolute atomic E-state index is 0.262. The van der Waals surface area contributed by atoms with E-state index in [4.69, 9.17) is 4.43 Å². The zero-order valence-corrected chi connectivity index (χ0v) is 13.7. The van der Waals surface area contributed by atoms with Gasteiger partial charge in [0.25, 0.3) is 0 Å². The van der Waals surface area contributed by atoms with E-state index < -0.39 is 8.32 Å². The fourth-order valence-electron chi connectivity index (χ4n) is 3.27. The van der Waals surface area contributed by atoms with E-state index in [0.717, 1.165) is 19.4 Å². The first-order valence-electron chi connectivity index (χ1n) is 7.30. The first kappa shape index (κ1) is 14.3. The number of hydrogen-bond donors (Lipinski definition) is 0. The van der Waals surface area contributed by atoms with Gasteiger partial charge in [-0.3, -0.25) is 4.79 Å². The van der Waals surface area contributed by atoms with Gasteiger partial charge >= 0.3 is 0 Å². The summed E-state index contributed by atoms with van der Waals surface area (Å²) in [6.07, 6.45) is 1.97. The Hall–Kier alpha value is -0.153. The Balaban J connectivity index is 1.97. The molecule has 0 aliphatic heterocycles. The predicted molar refractivity (Wildman–Crippen MR) is 77.0 cm³/mol. The number of fused-ring (bicyclic) bond motifs is 2. The molecule has 0 aromatic carbocycles. The van der Waals surface area contributed by atoms with Crippen LogP contribution in [0, 0.1) is 23.7 Å². The summed E-state index contributed by atoms with van der Waals surface area (Å²) in [4.78, 5) is 11.9. The van der Waals surface area contributed by atoms with Gasteiger partial charge in [0, 0.05) is 18.9 Å². The average Bonchev–Trinajstić information content (AvgIpc) is 2.71. The zero-order valence-electron chi connectivity index (χ0n) is 12.7. The maximum absolute atomic E-state index is 11.9. The molecule has 2 aliphatic carbocycles. The summed E-state index contributed by atoms with van der Waals surface area (Å²) in [5.41, 5.74) is 0. The Morgan fingerprint density at radius 2 is 1.94 bits per heavy atom. The zero-order chi connectivity index (χ0) is 13.7. The predicted octanol–water partition coefficient (Wildman–Crippen LogP) is 3.87. The summed E-state index contributed by atoms with van der Waals surface area (Å²) < 4.78 is 6.34. The van der Waals surface area contributed by atoms with E-state index in [1.807, 2.05) is 0 Å². The van der Waals surface area contributed by atoms with E-state index in [2.05, 4.69) is 40.8 Å². The maximum Gasteiger partial charge on any atom is 0.191 e. The quantitative estimate of drug-likeness (QED) is 0.726. The van der Waals surface area contributed by atoms with Crippen LogP contribution in [0.15, 0.2) is 0 Å². The van der Waals surface area contributed by atoms with Crippen LogP contribution in [-0.2, 0) is 9.22 Å². The van der Waals surface area contributed by atoms with Crippen LogP contribution in [-0.4, -0.2) is 20.7 Å². The van der Waals surface area contributed by atoms with Gasteiger partial charge in [-0.2, -0.15) is 0 Å². The van der Waals surface area contributed by atoms with Crippen LogP contribution in [0.2, 0.25) is 18.1 Å². The molecular formula is C15H28O2Si. The molecule has 104 valence electrons. The lowest BCUT2D eigenvalue weighted by Crippen LogP contribution is -2.43. The highest BCUT2D eigenvalue weighted by Crippen LogP contribution is 2.50. The van der Waals surface area contributed by atoms with Gasteiger partial charge in [0.15, 0.2) is 8.32 Å². The van der Waals surface area contributed by atoms with E-state index in [1.54, 1.807) is 0 Å². The van der Waals surface area contributed by atoms with Crippen LogP contribution < -0.4 is 0 Å². The highest BCUT2D eigenvalue weighted by Gasteiger charge is 2.51. The van der Waals surface area contributed by atoms with Crippen molar-refractivity contribution in [3.8, 4) is 0 Å². The number of Topliss-reactive ketones (excluding diaryl/α,β-unsaturated/α-hetero) is 1. The summed E-state index contributed by atoms with van der Waals surface area (Å²) in [6.45, 7) is 14.5. The Labute approximate surface area is 113 Å². The number of carbonyl (C=O) groups excluding carboxylic acids is 1. The molecule has 0 unspecified atom stereocenters. The van der Waals surface area contributed by atoms with Gasteiger partial charge in [-0.25, -0.2) is 0 Å². The van der Waals surface area contributed by atoms with Crippen molar-refractivity contribution in [3.05, 3.63) is 0 Å². The number of carbonyl (C=O) groups is 1. The van der Waals surface area contributed by atoms with Crippen LogP contribution in [0.4, 0.5) is 0 Å². The third-order valence-electron chi connectivity index (χ3n) is 5.81. The molecule has 0 radical (unpaired) electrons. The molecule has 3 heteroatoms. The van der Waals surface area contributed by atoms with Crippen LogP contribution in [0.1, 0.15) is 40.5 Å². The average molecular weight is 268 g/mol. The number of hydrogen-bond acceptors (Lipinski definition) is 2. The first-order chi connectivity index (χ1) is 8.13. The van der Waals surface area contributed by atoms with E-state index in [1.165, 1.54) is 0 Å². The number of rotatable bonds is 3. The molecule has 0 N–H and O–H groups in total. The van der Waals surface area contributed by atoms with Crippen molar-refractivity contribution in [3.63, 3.8) is 0 Å². The normalized spacial score (nSPS) is 36.4. The lowest BCUT2D eigenvalue weighted by molar-refractivity contribution is -0.124. The minimum Gasteiger partial charge on any atom is -0.417 e. The van der Waals surface area contributed by atoms with E-state index in [-0.39, 0.29) is 5.04 Å². The van der Waals surface area contributed by atoms with Crippen molar-refractivity contribution < 1.29 is 9.22 Å². The Bertz CT molecular complexity index is 343. The molecule has 0 heterocycles. The highest BCUT2D eigenvalue weighted by atomic mass is 28.4. The lowest BCUT2D eigenvalue weighted by atomic mass is 9.80. The summed E-state index contributed by atoms with van der Waals surface area (Å²) in [5.74, 6) is 2.63.